The number of ether oxygens (including phenoxy) is 2. The molecule has 1 aromatic heterocycles. The van der Waals surface area contributed by atoms with Crippen LogP contribution in [0.5, 0.6) is 11.5 Å². The van der Waals surface area contributed by atoms with Crippen LogP contribution in [0.3, 0.4) is 0 Å². The fourth-order valence-corrected chi connectivity index (χ4v) is 4.45. The van der Waals surface area contributed by atoms with Crippen molar-refractivity contribution in [2.75, 3.05) is 19.5 Å². The molecule has 1 aromatic carbocycles. The van der Waals surface area contributed by atoms with Gasteiger partial charge in [0.25, 0.3) is 5.91 Å². The number of ketones is 1. The predicted octanol–water partition coefficient (Wildman–Crippen LogP) is 4.01. The molecule has 2 heterocycles. The lowest BCUT2D eigenvalue weighted by Crippen LogP contribution is -2.35. The van der Waals surface area contributed by atoms with Gasteiger partial charge in [-0.2, -0.15) is 0 Å². The number of carbonyl (C=O) groups is 2. The molecule has 166 valence electrons. The molecule has 0 fully saturated rings. The van der Waals surface area contributed by atoms with E-state index < -0.39 is 5.92 Å². The molecule has 7 heteroatoms. The van der Waals surface area contributed by atoms with Crippen molar-refractivity contribution < 1.29 is 19.1 Å². The molecule has 2 aliphatic rings. The minimum Gasteiger partial charge on any atom is -0.497 e. The van der Waals surface area contributed by atoms with E-state index in [1.807, 2.05) is 38.1 Å². The van der Waals surface area contributed by atoms with E-state index in [4.69, 9.17) is 9.47 Å². The van der Waals surface area contributed by atoms with Gasteiger partial charge in [0, 0.05) is 46.3 Å². The summed E-state index contributed by atoms with van der Waals surface area (Å²) >= 11 is 0. The molecule has 1 aliphatic carbocycles. The number of hydrogen-bond acceptors (Lipinski definition) is 6. The molecule has 1 amide bonds. The van der Waals surface area contributed by atoms with Crippen LogP contribution >= 0.6 is 0 Å². The van der Waals surface area contributed by atoms with Gasteiger partial charge in [-0.05, 0) is 44.9 Å². The van der Waals surface area contributed by atoms with Crippen LogP contribution in [-0.4, -0.2) is 30.9 Å². The van der Waals surface area contributed by atoms with Gasteiger partial charge in [0.2, 0.25) is 0 Å². The Hall–Kier alpha value is -3.61. The minimum absolute atomic E-state index is 0.0492. The van der Waals surface area contributed by atoms with E-state index in [1.54, 1.807) is 26.4 Å². The van der Waals surface area contributed by atoms with E-state index in [-0.39, 0.29) is 11.7 Å². The smallest absolute Gasteiger partial charge is 0.255 e. The fourth-order valence-electron chi connectivity index (χ4n) is 4.45. The van der Waals surface area contributed by atoms with Gasteiger partial charge in [0.1, 0.15) is 17.3 Å². The Morgan fingerprint density at radius 1 is 1.12 bits per heavy atom. The highest BCUT2D eigenvalue weighted by Crippen LogP contribution is 2.45. The largest absolute Gasteiger partial charge is 0.497 e. The molecule has 32 heavy (non-hydrogen) atoms. The third-order valence-electron chi connectivity index (χ3n) is 5.90. The molecule has 2 N–H and O–H groups in total. The van der Waals surface area contributed by atoms with Gasteiger partial charge in [-0.25, -0.2) is 4.98 Å². The summed E-state index contributed by atoms with van der Waals surface area (Å²) in [6.07, 6.45) is 2.02. The lowest BCUT2D eigenvalue weighted by atomic mass is 9.74. The number of aromatic nitrogens is 1. The van der Waals surface area contributed by atoms with Crippen molar-refractivity contribution in [1.82, 2.24) is 10.3 Å². The number of aryl methyl sites for hydroxylation is 1. The Morgan fingerprint density at radius 3 is 2.66 bits per heavy atom. The highest BCUT2D eigenvalue weighted by molar-refractivity contribution is 6.09. The van der Waals surface area contributed by atoms with E-state index >= 15 is 0 Å². The normalized spacial score (nSPS) is 18.1. The molecule has 0 bridgehead atoms. The van der Waals surface area contributed by atoms with Gasteiger partial charge in [-0.1, -0.05) is 12.1 Å². The first-order chi connectivity index (χ1) is 15.4. The molecule has 0 unspecified atom stereocenters. The van der Waals surface area contributed by atoms with Gasteiger partial charge in [-0.15, -0.1) is 0 Å². The molecule has 7 nitrogen and oxygen atoms in total. The van der Waals surface area contributed by atoms with Crippen LogP contribution in [0.2, 0.25) is 0 Å². The number of benzene rings is 1. The molecule has 0 radical (unpaired) electrons. The van der Waals surface area contributed by atoms with Crippen molar-refractivity contribution in [2.24, 2.45) is 0 Å². The van der Waals surface area contributed by atoms with Crippen LogP contribution in [-0.2, 0) is 9.59 Å². The number of nitrogens with one attached hydrogen (secondary N) is 2. The first kappa shape index (κ1) is 21.6. The summed E-state index contributed by atoms with van der Waals surface area (Å²) in [7, 11) is 3.16. The predicted molar refractivity (Wildman–Crippen MR) is 122 cm³/mol. The zero-order valence-corrected chi connectivity index (χ0v) is 18.7. The minimum atomic E-state index is -0.551. The van der Waals surface area contributed by atoms with Gasteiger partial charge in [0.15, 0.2) is 5.78 Å². The standard InChI is InChI=1S/C25H27N3O4/c1-14-7-5-10-21(26-14)28-25(30)22-15(2)27-18-8-6-9-19(29)24(18)23(22)17-12-11-16(31-3)13-20(17)32-4/h5,7,10-13,23,27H,6,8-9H2,1-4H3,(H,26,28,30)/t23-/m1/s1. The zero-order chi connectivity index (χ0) is 22.8. The second kappa shape index (κ2) is 8.86. The molecule has 4 rings (SSSR count). The lowest BCUT2D eigenvalue weighted by molar-refractivity contribution is -0.116. The van der Waals surface area contributed by atoms with E-state index in [1.165, 1.54) is 0 Å². The van der Waals surface area contributed by atoms with Gasteiger partial charge < -0.3 is 20.1 Å². The number of allylic oxidation sites excluding steroid dienone is 3. The van der Waals surface area contributed by atoms with Gasteiger partial charge in [-0.3, -0.25) is 9.59 Å². The van der Waals surface area contributed by atoms with E-state index in [2.05, 4.69) is 15.6 Å². The number of amides is 1. The maximum absolute atomic E-state index is 13.5. The fraction of sp³-hybridized carbons (Fsp3) is 0.320. The maximum atomic E-state index is 13.5. The summed E-state index contributed by atoms with van der Waals surface area (Å²) in [6, 6.07) is 10.9. The van der Waals surface area contributed by atoms with Crippen molar-refractivity contribution in [3.63, 3.8) is 0 Å². The third-order valence-corrected chi connectivity index (χ3v) is 5.90. The summed E-state index contributed by atoms with van der Waals surface area (Å²) < 4.78 is 11.0. The van der Waals surface area contributed by atoms with Crippen molar-refractivity contribution in [2.45, 2.75) is 39.0 Å². The number of hydrogen-bond donors (Lipinski definition) is 2. The number of anilines is 1. The van der Waals surface area contributed by atoms with Crippen LogP contribution in [0.1, 0.15) is 43.4 Å². The Bertz CT molecular complexity index is 1150. The third kappa shape index (κ3) is 3.98. The Morgan fingerprint density at radius 2 is 1.94 bits per heavy atom. The second-order valence-corrected chi connectivity index (χ2v) is 7.99. The molecule has 2 aromatic rings. The molecule has 0 spiro atoms. The van der Waals surface area contributed by atoms with Crippen LogP contribution < -0.4 is 20.1 Å². The Labute approximate surface area is 187 Å². The van der Waals surface area contributed by atoms with Crippen LogP contribution in [0.4, 0.5) is 5.82 Å². The number of nitrogens with zero attached hydrogens (tertiary/aromatic N) is 1. The summed E-state index contributed by atoms with van der Waals surface area (Å²) in [5.74, 6) is 0.858. The Kier molecular flexibility index (Phi) is 5.99. The number of pyridine rings is 1. The molecule has 1 aliphatic heterocycles. The summed E-state index contributed by atoms with van der Waals surface area (Å²) in [5.41, 5.74) is 4.26. The monoisotopic (exact) mass is 433 g/mol. The van der Waals surface area contributed by atoms with Gasteiger partial charge in [0.05, 0.1) is 20.1 Å². The van der Waals surface area contributed by atoms with E-state index in [9.17, 15) is 9.59 Å². The van der Waals surface area contributed by atoms with E-state index in [0.29, 0.717) is 40.6 Å². The van der Waals surface area contributed by atoms with Crippen LogP contribution in [0, 0.1) is 6.92 Å². The van der Waals surface area contributed by atoms with Crippen molar-refractivity contribution in [3.8, 4) is 11.5 Å². The number of methoxy groups -OCH3 is 2. The average Bonchev–Trinajstić information content (AvgIpc) is 2.77. The zero-order valence-electron chi connectivity index (χ0n) is 18.7. The molecule has 0 saturated heterocycles. The number of rotatable bonds is 5. The quantitative estimate of drug-likeness (QED) is 0.741. The maximum Gasteiger partial charge on any atom is 0.255 e. The van der Waals surface area contributed by atoms with Crippen molar-refractivity contribution >= 4 is 17.5 Å². The molecule has 1 atom stereocenters. The summed E-state index contributed by atoms with van der Waals surface area (Å²) in [5, 5.41) is 6.23. The second-order valence-electron chi connectivity index (χ2n) is 7.99. The lowest BCUT2D eigenvalue weighted by Gasteiger charge is -2.35. The van der Waals surface area contributed by atoms with Crippen LogP contribution in [0.15, 0.2) is 58.9 Å². The summed E-state index contributed by atoms with van der Waals surface area (Å²) in [6.45, 7) is 3.73. The SMILES string of the molecule is COc1ccc([C@@H]2C(C(=O)Nc3cccc(C)n3)=C(C)NC3=C2C(=O)CCC3)c(OC)c1. The molecular weight excluding hydrogens is 406 g/mol. The van der Waals surface area contributed by atoms with E-state index in [0.717, 1.165) is 29.8 Å². The average molecular weight is 434 g/mol. The highest BCUT2D eigenvalue weighted by atomic mass is 16.5. The summed E-state index contributed by atoms with van der Waals surface area (Å²) in [4.78, 5) is 31.0. The first-order valence-electron chi connectivity index (χ1n) is 10.6. The number of carbonyl (C=O) groups excluding carboxylic acids is 2. The molecular formula is C25H27N3O4. The van der Waals surface area contributed by atoms with Gasteiger partial charge >= 0.3 is 0 Å². The topological polar surface area (TPSA) is 89.5 Å². The molecule has 0 saturated carbocycles. The number of dihydropyridines is 1. The first-order valence-corrected chi connectivity index (χ1v) is 10.6. The van der Waals surface area contributed by atoms with Crippen molar-refractivity contribution in [3.05, 3.63) is 70.2 Å². The van der Waals surface area contributed by atoms with Crippen molar-refractivity contribution in [1.29, 1.82) is 0 Å². The Balaban J connectivity index is 1.84. The highest BCUT2D eigenvalue weighted by Gasteiger charge is 2.39. The number of Topliss-reactive ketones (excluding diaryl/α,β-unsaturated/α-hetero) is 1. The van der Waals surface area contributed by atoms with Crippen LogP contribution in [0.25, 0.3) is 0 Å².